The fraction of sp³-hybridized carbons (Fsp3) is 0.0476. The van der Waals surface area contributed by atoms with Crippen LogP contribution in [0.1, 0.15) is 21.7 Å². The Morgan fingerprint density at radius 2 is 2.07 bits per heavy atom. The van der Waals surface area contributed by atoms with Gasteiger partial charge in [0.1, 0.15) is 28.7 Å². The Morgan fingerprint density at radius 3 is 2.79 bits per heavy atom. The minimum atomic E-state index is -0.446. The molecule has 0 spiro atoms. The van der Waals surface area contributed by atoms with E-state index in [0.717, 1.165) is 0 Å². The fourth-order valence-electron chi connectivity index (χ4n) is 2.85. The van der Waals surface area contributed by atoms with E-state index in [0.29, 0.717) is 29.0 Å². The number of nitrogens with one attached hydrogen (secondary N) is 1. The summed E-state index contributed by atoms with van der Waals surface area (Å²) in [4.78, 5) is 20.9. The third-order valence-electron chi connectivity index (χ3n) is 4.10. The van der Waals surface area contributed by atoms with Gasteiger partial charge in [0, 0.05) is 36.5 Å². The number of aromatic nitrogens is 3. The summed E-state index contributed by atoms with van der Waals surface area (Å²) in [5.74, 6) is 1.04. The molecule has 1 N–H and O–H groups in total. The van der Waals surface area contributed by atoms with Gasteiger partial charge in [-0.25, -0.2) is 4.98 Å². The molecule has 4 rings (SSSR count). The van der Waals surface area contributed by atoms with Crippen LogP contribution in [0.4, 0.5) is 5.69 Å². The highest BCUT2D eigenvalue weighted by Crippen LogP contribution is 2.27. The smallest absolute Gasteiger partial charge is 0.260 e. The Labute approximate surface area is 166 Å². The number of ether oxygens (including phenoxy) is 1. The second-order valence-electron chi connectivity index (χ2n) is 6.04. The van der Waals surface area contributed by atoms with E-state index < -0.39 is 5.91 Å². The number of nitriles is 1. The minimum absolute atomic E-state index is 0.170. The van der Waals surface area contributed by atoms with Gasteiger partial charge in [-0.05, 0) is 31.2 Å². The predicted octanol–water partition coefficient (Wildman–Crippen LogP) is 4.09. The van der Waals surface area contributed by atoms with Crippen molar-refractivity contribution in [2.24, 2.45) is 0 Å². The zero-order valence-corrected chi connectivity index (χ0v) is 15.4. The number of furan rings is 1. The van der Waals surface area contributed by atoms with Gasteiger partial charge in [0.25, 0.3) is 5.91 Å². The summed E-state index contributed by atoms with van der Waals surface area (Å²) in [5.41, 5.74) is 0.864. The molecule has 0 aliphatic carbocycles. The topological polar surface area (TPSA) is 106 Å². The molecule has 0 bridgehead atoms. The highest BCUT2D eigenvalue weighted by molar-refractivity contribution is 6.07. The largest absolute Gasteiger partial charge is 0.443 e. The number of carbonyl (C=O) groups excluding carboxylic acids is 1. The van der Waals surface area contributed by atoms with Crippen LogP contribution >= 0.6 is 0 Å². The first-order chi connectivity index (χ1) is 14.2. The van der Waals surface area contributed by atoms with Gasteiger partial charge in [-0.15, -0.1) is 0 Å². The van der Waals surface area contributed by atoms with E-state index in [1.807, 2.05) is 0 Å². The number of carbonyl (C=O) groups is 1. The molecule has 1 aromatic carbocycles. The maximum absolute atomic E-state index is 12.9. The van der Waals surface area contributed by atoms with Crippen LogP contribution in [0.3, 0.4) is 0 Å². The molecule has 1 amide bonds. The molecule has 3 heterocycles. The summed E-state index contributed by atoms with van der Waals surface area (Å²) in [6.07, 6.45) is 8.05. The second kappa shape index (κ2) is 7.70. The van der Waals surface area contributed by atoms with Crippen LogP contribution < -0.4 is 10.1 Å². The van der Waals surface area contributed by atoms with Crippen LogP contribution in [0.5, 0.6) is 11.6 Å². The Balaban J connectivity index is 1.59. The second-order valence-corrected chi connectivity index (χ2v) is 6.04. The van der Waals surface area contributed by atoms with Crippen molar-refractivity contribution in [3.8, 4) is 23.6 Å². The van der Waals surface area contributed by atoms with Crippen molar-refractivity contribution >= 4 is 11.6 Å². The van der Waals surface area contributed by atoms with Crippen molar-refractivity contribution < 1.29 is 13.9 Å². The summed E-state index contributed by atoms with van der Waals surface area (Å²) in [6, 6.07) is 12.5. The lowest BCUT2D eigenvalue weighted by atomic mass is 10.1. The zero-order chi connectivity index (χ0) is 20.2. The number of nitrogens with zero attached hydrogens (tertiary/aromatic N) is 4. The molecule has 8 nitrogen and oxygen atoms in total. The molecule has 4 aromatic rings. The molecule has 3 aromatic heterocycles. The maximum atomic E-state index is 12.9. The number of benzene rings is 1. The highest BCUT2D eigenvalue weighted by atomic mass is 16.5. The summed E-state index contributed by atoms with van der Waals surface area (Å²) in [7, 11) is 0. The van der Waals surface area contributed by atoms with Crippen LogP contribution in [0, 0.1) is 18.3 Å². The van der Waals surface area contributed by atoms with Crippen LogP contribution in [-0.4, -0.2) is 20.4 Å². The van der Waals surface area contributed by atoms with Crippen molar-refractivity contribution in [2.45, 2.75) is 6.92 Å². The Kier molecular flexibility index (Phi) is 4.78. The number of amides is 1. The lowest BCUT2D eigenvalue weighted by Crippen LogP contribution is -2.14. The lowest BCUT2D eigenvalue weighted by molar-refractivity contribution is 0.102. The van der Waals surface area contributed by atoms with Crippen LogP contribution in [0.25, 0.3) is 5.88 Å². The average Bonchev–Trinajstić information content (AvgIpc) is 3.36. The molecule has 0 atom stereocenters. The van der Waals surface area contributed by atoms with Gasteiger partial charge in [-0.2, -0.15) is 5.26 Å². The summed E-state index contributed by atoms with van der Waals surface area (Å²) in [5, 5.41) is 12.4. The van der Waals surface area contributed by atoms with E-state index >= 15 is 0 Å². The molecular weight excluding hydrogens is 370 g/mol. The summed E-state index contributed by atoms with van der Waals surface area (Å²) < 4.78 is 13.0. The quantitative estimate of drug-likeness (QED) is 0.555. The molecular formula is C21H15N5O3. The van der Waals surface area contributed by atoms with Crippen molar-refractivity contribution in [1.29, 1.82) is 5.26 Å². The third-order valence-corrected chi connectivity index (χ3v) is 4.10. The fourth-order valence-corrected chi connectivity index (χ4v) is 2.85. The number of aryl methyl sites for hydroxylation is 1. The van der Waals surface area contributed by atoms with Crippen molar-refractivity contribution in [3.05, 3.63) is 84.3 Å². The van der Waals surface area contributed by atoms with Gasteiger partial charge in [-0.1, -0.05) is 6.07 Å². The summed E-state index contributed by atoms with van der Waals surface area (Å²) >= 11 is 0. The number of anilines is 1. The minimum Gasteiger partial charge on any atom is -0.443 e. The number of hydrogen-bond acceptors (Lipinski definition) is 6. The SMILES string of the molecule is Cc1oc(-n2cccc2)c(C#N)c1C(=O)Nc1cccc(Oc2cnccn2)c1. The Hall–Kier alpha value is -4.38. The van der Waals surface area contributed by atoms with Crippen molar-refractivity contribution in [3.63, 3.8) is 0 Å². The van der Waals surface area contributed by atoms with Gasteiger partial charge in [0.15, 0.2) is 0 Å². The maximum Gasteiger partial charge on any atom is 0.260 e. The molecule has 0 aliphatic heterocycles. The van der Waals surface area contributed by atoms with E-state index in [1.54, 1.807) is 66.5 Å². The van der Waals surface area contributed by atoms with Gasteiger partial charge in [-0.3, -0.25) is 14.3 Å². The van der Waals surface area contributed by atoms with Crippen molar-refractivity contribution in [1.82, 2.24) is 14.5 Å². The van der Waals surface area contributed by atoms with Crippen LogP contribution in [0.15, 0.2) is 71.8 Å². The van der Waals surface area contributed by atoms with Gasteiger partial charge in [0.05, 0.1) is 6.20 Å². The molecule has 142 valence electrons. The Bertz CT molecular complexity index is 1190. The van der Waals surface area contributed by atoms with Gasteiger partial charge < -0.3 is 14.5 Å². The molecule has 0 fully saturated rings. The van der Waals surface area contributed by atoms with Crippen LogP contribution in [0.2, 0.25) is 0 Å². The zero-order valence-electron chi connectivity index (χ0n) is 15.4. The summed E-state index contributed by atoms with van der Waals surface area (Å²) in [6.45, 7) is 1.65. The number of hydrogen-bond donors (Lipinski definition) is 1. The monoisotopic (exact) mass is 385 g/mol. The van der Waals surface area contributed by atoms with Gasteiger partial charge in [0.2, 0.25) is 11.8 Å². The average molecular weight is 385 g/mol. The lowest BCUT2D eigenvalue weighted by Gasteiger charge is -2.08. The molecule has 29 heavy (non-hydrogen) atoms. The molecule has 0 aliphatic rings. The molecule has 0 radical (unpaired) electrons. The normalized spacial score (nSPS) is 10.3. The van der Waals surface area contributed by atoms with E-state index in [2.05, 4.69) is 21.4 Å². The van der Waals surface area contributed by atoms with Crippen LogP contribution in [-0.2, 0) is 0 Å². The molecule has 8 heteroatoms. The van der Waals surface area contributed by atoms with E-state index in [4.69, 9.17) is 9.15 Å². The van der Waals surface area contributed by atoms with E-state index in [9.17, 15) is 10.1 Å². The van der Waals surface area contributed by atoms with E-state index in [1.165, 1.54) is 12.4 Å². The standard InChI is InChI=1S/C21H15N5O3/c1-14-19(17(12-22)21(28-14)26-9-2-3-10-26)20(27)25-15-5-4-6-16(11-15)29-18-13-23-7-8-24-18/h2-11,13H,1H3,(H,25,27). The van der Waals surface area contributed by atoms with Crippen molar-refractivity contribution in [2.75, 3.05) is 5.32 Å². The third kappa shape index (κ3) is 3.70. The first kappa shape index (κ1) is 18.0. The first-order valence-electron chi connectivity index (χ1n) is 8.68. The molecule has 0 unspecified atom stereocenters. The first-order valence-corrected chi connectivity index (χ1v) is 8.68. The molecule has 0 saturated heterocycles. The molecule has 0 saturated carbocycles. The highest BCUT2D eigenvalue weighted by Gasteiger charge is 2.24. The van der Waals surface area contributed by atoms with E-state index in [-0.39, 0.29) is 11.1 Å². The van der Waals surface area contributed by atoms with Gasteiger partial charge >= 0.3 is 0 Å². The Morgan fingerprint density at radius 1 is 1.24 bits per heavy atom. The number of rotatable bonds is 5. The predicted molar refractivity (Wildman–Crippen MR) is 104 cm³/mol.